The summed E-state index contributed by atoms with van der Waals surface area (Å²) in [5, 5.41) is 20.5. The van der Waals surface area contributed by atoms with Gasteiger partial charge >= 0.3 is 0 Å². The van der Waals surface area contributed by atoms with Crippen LogP contribution < -0.4 is 0 Å². The van der Waals surface area contributed by atoms with Gasteiger partial charge < -0.3 is 10.2 Å². The molecule has 0 amide bonds. The van der Waals surface area contributed by atoms with Gasteiger partial charge in [0, 0.05) is 0 Å². The molecule has 0 bridgehead atoms. The summed E-state index contributed by atoms with van der Waals surface area (Å²) in [6.07, 6.45) is 9.26. The maximum absolute atomic E-state index is 10.4. The van der Waals surface area contributed by atoms with Gasteiger partial charge in [0.15, 0.2) is 0 Å². The molecule has 3 fully saturated rings. The van der Waals surface area contributed by atoms with Crippen LogP contribution in [0.2, 0.25) is 0 Å². The number of fused-ring (bicyclic) bond motifs is 5. The molecule has 0 aromatic rings. The van der Waals surface area contributed by atoms with Crippen molar-refractivity contribution in [3.05, 3.63) is 11.6 Å². The van der Waals surface area contributed by atoms with E-state index in [0.717, 1.165) is 31.6 Å². The molecule has 0 spiro atoms. The molecule has 4 rings (SSSR count). The van der Waals surface area contributed by atoms with E-state index in [9.17, 15) is 10.2 Å². The molecule has 0 aromatic carbocycles. The number of rotatable bonds is 0. The molecule has 2 N–H and O–H groups in total. The topological polar surface area (TPSA) is 40.5 Å². The third kappa shape index (κ3) is 2.05. The third-order valence-electron chi connectivity index (χ3n) is 7.39. The summed E-state index contributed by atoms with van der Waals surface area (Å²) in [6, 6.07) is 0. The Hall–Kier alpha value is -0.0500. The average Bonchev–Trinajstić information content (AvgIpc) is 2.76. The maximum atomic E-state index is 10.4. The fourth-order valence-electron chi connectivity index (χ4n) is 6.25. The molecule has 0 saturated heterocycles. The van der Waals surface area contributed by atoms with Crippen molar-refractivity contribution in [3.63, 3.8) is 0 Å². The molecule has 118 valence electrons. The normalized spacial score (nSPS) is 56.2. The van der Waals surface area contributed by atoms with Crippen LogP contribution in [0.4, 0.5) is 0 Å². The SMILES string of the molecule is C[C@]12CC[C@H]3[C@@H](C[C@@H](Cl)C4=C[C@@H](O)CC[C@@H]43)[C@@H]1CC[C@@H]2O. The molecule has 4 aliphatic rings. The lowest BCUT2D eigenvalue weighted by molar-refractivity contribution is -0.0542. The van der Waals surface area contributed by atoms with Gasteiger partial charge in [-0.25, -0.2) is 0 Å². The van der Waals surface area contributed by atoms with Gasteiger partial charge in [-0.3, -0.25) is 0 Å². The standard InChI is InChI=1S/C18H27ClO2/c1-18-7-6-12-11-3-2-10(20)8-14(11)16(19)9-13(12)15(18)4-5-17(18)21/h8,10-13,15-17,20-21H,2-7,9H2,1H3/t10-,11+,12+,13+,15-,16+,17-,18-/m0/s1. The summed E-state index contributed by atoms with van der Waals surface area (Å²) in [7, 11) is 0. The van der Waals surface area contributed by atoms with Crippen LogP contribution in [0.1, 0.15) is 51.9 Å². The van der Waals surface area contributed by atoms with Crippen molar-refractivity contribution in [2.45, 2.75) is 69.5 Å². The molecule has 8 atom stereocenters. The van der Waals surface area contributed by atoms with E-state index in [1.165, 1.54) is 24.8 Å². The van der Waals surface area contributed by atoms with Gasteiger partial charge in [0.2, 0.25) is 0 Å². The predicted molar refractivity (Wildman–Crippen MR) is 84.1 cm³/mol. The van der Waals surface area contributed by atoms with Gasteiger partial charge in [0.1, 0.15) is 0 Å². The second-order valence-corrected chi connectivity index (χ2v) is 8.72. The molecule has 4 aliphatic carbocycles. The fourth-order valence-corrected chi connectivity index (χ4v) is 6.69. The molecule has 0 aliphatic heterocycles. The number of hydrogen-bond acceptors (Lipinski definition) is 2. The number of aliphatic hydroxyl groups is 2. The maximum Gasteiger partial charge on any atom is 0.0724 e. The van der Waals surface area contributed by atoms with Crippen LogP contribution in [-0.4, -0.2) is 27.8 Å². The van der Waals surface area contributed by atoms with Crippen molar-refractivity contribution >= 4 is 11.6 Å². The lowest BCUT2D eigenvalue weighted by atomic mass is 9.52. The highest BCUT2D eigenvalue weighted by molar-refractivity contribution is 6.22. The first-order valence-electron chi connectivity index (χ1n) is 8.72. The van der Waals surface area contributed by atoms with Crippen molar-refractivity contribution in [1.82, 2.24) is 0 Å². The van der Waals surface area contributed by atoms with E-state index in [1.807, 2.05) is 0 Å². The number of hydrogen-bond donors (Lipinski definition) is 2. The van der Waals surface area contributed by atoms with Gasteiger partial charge in [-0.15, -0.1) is 11.6 Å². The zero-order valence-corrected chi connectivity index (χ0v) is 13.6. The van der Waals surface area contributed by atoms with Gasteiger partial charge in [-0.1, -0.05) is 18.6 Å². The van der Waals surface area contributed by atoms with Crippen LogP contribution in [-0.2, 0) is 0 Å². The highest BCUT2D eigenvalue weighted by Crippen LogP contribution is 2.62. The van der Waals surface area contributed by atoms with E-state index in [2.05, 4.69) is 13.0 Å². The monoisotopic (exact) mass is 310 g/mol. The first-order chi connectivity index (χ1) is 10.0. The minimum absolute atomic E-state index is 0.103. The molecule has 0 aromatic heterocycles. The fraction of sp³-hybridized carbons (Fsp3) is 0.889. The Labute approximate surface area is 132 Å². The molecule has 0 radical (unpaired) electrons. The van der Waals surface area contributed by atoms with Crippen molar-refractivity contribution in [2.24, 2.45) is 29.1 Å². The lowest BCUT2D eigenvalue weighted by Gasteiger charge is -2.54. The largest absolute Gasteiger partial charge is 0.393 e. The van der Waals surface area contributed by atoms with Crippen LogP contribution in [0.25, 0.3) is 0 Å². The van der Waals surface area contributed by atoms with E-state index in [-0.39, 0.29) is 23.0 Å². The Morgan fingerprint density at radius 3 is 2.71 bits per heavy atom. The smallest absolute Gasteiger partial charge is 0.0724 e. The highest BCUT2D eigenvalue weighted by Gasteiger charge is 2.57. The Kier molecular flexibility index (Phi) is 3.44. The molecule has 0 unspecified atom stereocenters. The first kappa shape index (κ1) is 14.5. The molecule has 2 nitrogen and oxygen atoms in total. The Morgan fingerprint density at radius 1 is 1.10 bits per heavy atom. The number of alkyl halides is 1. The van der Waals surface area contributed by atoms with E-state index >= 15 is 0 Å². The van der Waals surface area contributed by atoms with Crippen LogP contribution in [0, 0.1) is 29.1 Å². The van der Waals surface area contributed by atoms with E-state index in [1.54, 1.807) is 0 Å². The third-order valence-corrected chi connectivity index (χ3v) is 7.82. The lowest BCUT2D eigenvalue weighted by Crippen LogP contribution is -2.49. The summed E-state index contributed by atoms with van der Waals surface area (Å²) in [5.41, 5.74) is 1.46. The minimum atomic E-state index is -0.281. The van der Waals surface area contributed by atoms with E-state index < -0.39 is 0 Å². The molecular weight excluding hydrogens is 284 g/mol. The van der Waals surface area contributed by atoms with Crippen molar-refractivity contribution in [1.29, 1.82) is 0 Å². The van der Waals surface area contributed by atoms with Crippen molar-refractivity contribution in [3.8, 4) is 0 Å². The summed E-state index contributed by atoms with van der Waals surface area (Å²) >= 11 is 6.71. The van der Waals surface area contributed by atoms with Gasteiger partial charge in [-0.05, 0) is 74.0 Å². The Bertz CT molecular complexity index is 462. The van der Waals surface area contributed by atoms with E-state index in [4.69, 9.17) is 11.6 Å². The van der Waals surface area contributed by atoms with E-state index in [0.29, 0.717) is 17.8 Å². The zero-order chi connectivity index (χ0) is 14.8. The summed E-state index contributed by atoms with van der Waals surface area (Å²) in [4.78, 5) is 0. The predicted octanol–water partition coefficient (Wildman–Crippen LogP) is 3.50. The van der Waals surface area contributed by atoms with Crippen LogP contribution in [0.15, 0.2) is 11.6 Å². The second-order valence-electron chi connectivity index (χ2n) is 8.19. The minimum Gasteiger partial charge on any atom is -0.393 e. The average molecular weight is 311 g/mol. The number of aliphatic hydroxyl groups excluding tert-OH is 2. The summed E-state index contributed by atoms with van der Waals surface area (Å²) < 4.78 is 0. The van der Waals surface area contributed by atoms with Gasteiger partial charge in [-0.2, -0.15) is 0 Å². The molecular formula is C18H27ClO2. The summed E-state index contributed by atoms with van der Waals surface area (Å²) in [5.74, 6) is 2.67. The quantitative estimate of drug-likeness (QED) is 0.531. The van der Waals surface area contributed by atoms with Gasteiger partial charge in [0.05, 0.1) is 17.6 Å². The zero-order valence-electron chi connectivity index (χ0n) is 12.8. The number of halogens is 1. The van der Waals surface area contributed by atoms with Crippen LogP contribution in [0.5, 0.6) is 0 Å². The van der Waals surface area contributed by atoms with Crippen molar-refractivity contribution in [2.75, 3.05) is 0 Å². The highest BCUT2D eigenvalue weighted by atomic mass is 35.5. The number of allylic oxidation sites excluding steroid dienone is 1. The Balaban J connectivity index is 1.65. The molecule has 3 saturated carbocycles. The molecule has 3 heteroatoms. The molecule has 21 heavy (non-hydrogen) atoms. The Morgan fingerprint density at radius 2 is 1.90 bits per heavy atom. The summed E-state index contributed by atoms with van der Waals surface area (Å²) in [6.45, 7) is 2.31. The van der Waals surface area contributed by atoms with Crippen LogP contribution >= 0.6 is 11.6 Å². The first-order valence-corrected chi connectivity index (χ1v) is 9.16. The van der Waals surface area contributed by atoms with Crippen molar-refractivity contribution < 1.29 is 10.2 Å². The molecule has 0 heterocycles. The second kappa shape index (κ2) is 4.97. The van der Waals surface area contributed by atoms with Crippen LogP contribution in [0.3, 0.4) is 0 Å². The van der Waals surface area contributed by atoms with Gasteiger partial charge in [0.25, 0.3) is 0 Å².